The van der Waals surface area contributed by atoms with Gasteiger partial charge in [0.15, 0.2) is 0 Å². The largest absolute Gasteiger partial charge is 0.394 e. The molecule has 0 amide bonds. The molecular formula is C11H16O2. The number of hydrogen-bond acceptors (Lipinski definition) is 2. The van der Waals surface area contributed by atoms with Gasteiger partial charge in [-0.2, -0.15) is 0 Å². The van der Waals surface area contributed by atoms with Crippen molar-refractivity contribution in [3.63, 3.8) is 0 Å². The van der Waals surface area contributed by atoms with Crippen LogP contribution in [0.15, 0.2) is 12.2 Å². The van der Waals surface area contributed by atoms with Gasteiger partial charge in [0.05, 0.1) is 25.2 Å². The van der Waals surface area contributed by atoms with Crippen molar-refractivity contribution in [1.29, 1.82) is 0 Å². The van der Waals surface area contributed by atoms with Crippen LogP contribution in [0.3, 0.4) is 0 Å². The number of rotatable bonds is 2. The molecule has 72 valence electrons. The Kier molecular flexibility index (Phi) is 2.80. The number of ether oxygens (including phenoxy) is 1. The van der Waals surface area contributed by atoms with E-state index < -0.39 is 0 Å². The molecule has 2 nitrogen and oxygen atoms in total. The minimum atomic E-state index is -0.230. The SMILES string of the molecule is C#CC1C(CO)OCC1(C)C(=C)C. The van der Waals surface area contributed by atoms with E-state index in [0.717, 1.165) is 5.57 Å². The lowest BCUT2D eigenvalue weighted by atomic mass is 9.73. The Bertz CT molecular complexity index is 251. The number of terminal acetylenes is 1. The Labute approximate surface area is 79.6 Å². The fourth-order valence-corrected chi connectivity index (χ4v) is 1.71. The van der Waals surface area contributed by atoms with Crippen molar-refractivity contribution in [1.82, 2.24) is 0 Å². The third-order valence-corrected chi connectivity index (χ3v) is 2.99. The molecule has 0 radical (unpaired) electrons. The van der Waals surface area contributed by atoms with Gasteiger partial charge in [0.25, 0.3) is 0 Å². The molecule has 1 rings (SSSR count). The van der Waals surface area contributed by atoms with Gasteiger partial charge in [-0.25, -0.2) is 0 Å². The molecule has 3 unspecified atom stereocenters. The lowest BCUT2D eigenvalue weighted by Gasteiger charge is -2.28. The molecule has 1 N–H and O–H groups in total. The average molecular weight is 180 g/mol. The summed E-state index contributed by atoms with van der Waals surface area (Å²) < 4.78 is 5.43. The number of hydrogen-bond donors (Lipinski definition) is 1. The molecule has 13 heavy (non-hydrogen) atoms. The molecular weight excluding hydrogens is 164 g/mol. The van der Waals surface area contributed by atoms with Crippen LogP contribution in [-0.4, -0.2) is 24.4 Å². The number of aliphatic hydroxyl groups is 1. The minimum Gasteiger partial charge on any atom is -0.394 e. The summed E-state index contributed by atoms with van der Waals surface area (Å²) in [5.41, 5.74) is 0.841. The Morgan fingerprint density at radius 2 is 2.46 bits per heavy atom. The number of aliphatic hydroxyl groups excluding tert-OH is 1. The smallest absolute Gasteiger partial charge is 0.0952 e. The summed E-state index contributed by atoms with van der Waals surface area (Å²) in [7, 11) is 0. The first kappa shape index (κ1) is 10.3. The molecule has 1 aliphatic rings. The van der Waals surface area contributed by atoms with Crippen LogP contribution in [0.4, 0.5) is 0 Å². The van der Waals surface area contributed by atoms with Crippen LogP contribution in [0.5, 0.6) is 0 Å². The van der Waals surface area contributed by atoms with Crippen LogP contribution >= 0.6 is 0 Å². The van der Waals surface area contributed by atoms with Gasteiger partial charge in [0.2, 0.25) is 0 Å². The summed E-state index contributed by atoms with van der Waals surface area (Å²) in [6.07, 6.45) is 5.20. The lowest BCUT2D eigenvalue weighted by molar-refractivity contribution is 0.0477. The zero-order valence-corrected chi connectivity index (χ0v) is 8.21. The van der Waals surface area contributed by atoms with Gasteiger partial charge in [-0.15, -0.1) is 6.42 Å². The summed E-state index contributed by atoms with van der Waals surface area (Å²) in [6, 6.07) is 0. The van der Waals surface area contributed by atoms with Gasteiger partial charge in [0.1, 0.15) is 0 Å². The highest BCUT2D eigenvalue weighted by molar-refractivity contribution is 5.20. The average Bonchev–Trinajstić information content (AvgIpc) is 2.43. The molecule has 1 aliphatic heterocycles. The van der Waals surface area contributed by atoms with Crippen LogP contribution in [0, 0.1) is 23.7 Å². The standard InChI is InChI=1S/C11H16O2/c1-5-9-10(6-12)13-7-11(9,4)8(2)3/h1,9-10,12H,2,6-7H2,3-4H3. The third kappa shape index (κ3) is 1.50. The van der Waals surface area contributed by atoms with Crippen LogP contribution in [0.2, 0.25) is 0 Å². The van der Waals surface area contributed by atoms with Crippen molar-refractivity contribution in [3.8, 4) is 12.3 Å². The van der Waals surface area contributed by atoms with Crippen LogP contribution < -0.4 is 0 Å². The van der Waals surface area contributed by atoms with Crippen molar-refractivity contribution in [2.75, 3.05) is 13.2 Å². The first-order valence-electron chi connectivity index (χ1n) is 4.41. The summed E-state index contributed by atoms with van der Waals surface area (Å²) in [5, 5.41) is 9.03. The summed E-state index contributed by atoms with van der Waals surface area (Å²) in [5.74, 6) is 2.63. The van der Waals surface area contributed by atoms with Gasteiger partial charge in [0, 0.05) is 5.41 Å². The molecule has 0 aromatic rings. The second kappa shape index (κ2) is 3.53. The molecule has 0 aliphatic carbocycles. The van der Waals surface area contributed by atoms with E-state index in [9.17, 15) is 0 Å². The maximum Gasteiger partial charge on any atom is 0.0952 e. The zero-order chi connectivity index (χ0) is 10.1. The molecule has 0 bridgehead atoms. The van der Waals surface area contributed by atoms with Crippen LogP contribution in [0.25, 0.3) is 0 Å². The van der Waals surface area contributed by atoms with E-state index in [-0.39, 0.29) is 24.0 Å². The molecule has 3 atom stereocenters. The van der Waals surface area contributed by atoms with Crippen LogP contribution in [-0.2, 0) is 4.74 Å². The first-order chi connectivity index (χ1) is 6.06. The summed E-state index contributed by atoms with van der Waals surface area (Å²) >= 11 is 0. The van der Waals surface area contributed by atoms with Gasteiger partial charge in [-0.05, 0) is 6.92 Å². The van der Waals surface area contributed by atoms with Gasteiger partial charge >= 0.3 is 0 Å². The quantitative estimate of drug-likeness (QED) is 0.511. The molecule has 0 spiro atoms. The summed E-state index contributed by atoms with van der Waals surface area (Å²) in [6.45, 7) is 8.45. The van der Waals surface area contributed by atoms with E-state index in [2.05, 4.69) is 12.5 Å². The van der Waals surface area contributed by atoms with Crippen molar-refractivity contribution in [3.05, 3.63) is 12.2 Å². The topological polar surface area (TPSA) is 29.5 Å². The zero-order valence-electron chi connectivity index (χ0n) is 8.21. The van der Waals surface area contributed by atoms with E-state index in [0.29, 0.717) is 6.61 Å². The van der Waals surface area contributed by atoms with Crippen molar-refractivity contribution in [2.24, 2.45) is 11.3 Å². The molecule has 0 aromatic carbocycles. The maximum atomic E-state index is 9.03. The second-order valence-electron chi connectivity index (χ2n) is 3.87. The monoisotopic (exact) mass is 180 g/mol. The van der Waals surface area contributed by atoms with Crippen molar-refractivity contribution in [2.45, 2.75) is 20.0 Å². The Balaban J connectivity index is 2.92. The summed E-state index contributed by atoms with van der Waals surface area (Å²) in [4.78, 5) is 0. The van der Waals surface area contributed by atoms with E-state index >= 15 is 0 Å². The highest BCUT2D eigenvalue weighted by Crippen LogP contribution is 2.42. The molecule has 1 fully saturated rings. The fourth-order valence-electron chi connectivity index (χ4n) is 1.71. The first-order valence-corrected chi connectivity index (χ1v) is 4.41. The van der Waals surface area contributed by atoms with E-state index in [1.54, 1.807) is 0 Å². The minimum absolute atomic E-state index is 0.0161. The van der Waals surface area contributed by atoms with Gasteiger partial charge in [-0.1, -0.05) is 25.0 Å². The third-order valence-electron chi connectivity index (χ3n) is 2.99. The Hall–Kier alpha value is -0.780. The maximum absolute atomic E-state index is 9.03. The van der Waals surface area contributed by atoms with E-state index in [4.69, 9.17) is 16.3 Å². The highest BCUT2D eigenvalue weighted by atomic mass is 16.5. The normalized spacial score (nSPS) is 38.6. The fraction of sp³-hybridized carbons (Fsp3) is 0.636. The predicted octanol–water partition coefficient (Wildman–Crippen LogP) is 1.21. The van der Waals surface area contributed by atoms with Crippen LogP contribution in [0.1, 0.15) is 13.8 Å². The van der Waals surface area contributed by atoms with Crippen molar-refractivity contribution < 1.29 is 9.84 Å². The Morgan fingerprint density at radius 1 is 1.85 bits per heavy atom. The van der Waals surface area contributed by atoms with Crippen molar-refractivity contribution >= 4 is 0 Å². The molecule has 2 heteroatoms. The second-order valence-corrected chi connectivity index (χ2v) is 3.87. The van der Waals surface area contributed by atoms with Gasteiger partial charge in [-0.3, -0.25) is 0 Å². The predicted molar refractivity (Wildman–Crippen MR) is 52.1 cm³/mol. The van der Waals surface area contributed by atoms with E-state index in [1.165, 1.54) is 0 Å². The molecule has 0 aromatic heterocycles. The van der Waals surface area contributed by atoms with Gasteiger partial charge < -0.3 is 9.84 Å². The Morgan fingerprint density at radius 3 is 2.85 bits per heavy atom. The van der Waals surface area contributed by atoms with E-state index in [1.807, 2.05) is 13.8 Å². The highest BCUT2D eigenvalue weighted by Gasteiger charge is 2.45. The molecule has 1 saturated heterocycles. The molecule has 1 heterocycles. The lowest BCUT2D eigenvalue weighted by Crippen LogP contribution is -2.30. The molecule has 0 saturated carbocycles.